The number of esters is 2. The zero-order valence-electron chi connectivity index (χ0n) is 26.9. The third-order valence-electron chi connectivity index (χ3n) is 7.15. The molecule has 0 bridgehead atoms. The summed E-state index contributed by atoms with van der Waals surface area (Å²) in [6.07, 6.45) is -2.25. The lowest BCUT2D eigenvalue weighted by Crippen LogP contribution is -2.47. The molecule has 0 aromatic carbocycles. The molecule has 18 heteroatoms. The highest BCUT2D eigenvalue weighted by molar-refractivity contribution is 7.54. The van der Waals surface area contributed by atoms with Crippen LogP contribution < -0.4 is 20.6 Å². The van der Waals surface area contributed by atoms with E-state index in [9.17, 15) is 24.4 Å². The Bertz CT molecular complexity index is 1370. The molecule has 3 rings (SSSR count). The number of nitrogens with two attached hydrogens (primary N) is 1. The van der Waals surface area contributed by atoms with Crippen molar-refractivity contribution in [3.05, 3.63) is 6.33 Å². The van der Waals surface area contributed by atoms with E-state index in [4.69, 9.17) is 29.2 Å². The molecule has 0 saturated carbocycles. The number of methoxy groups -OCH3 is 2. The number of ether oxygens (including phenoxy) is 4. The number of hydrogen-bond donors (Lipinski definition) is 5. The molecule has 45 heavy (non-hydrogen) atoms. The van der Waals surface area contributed by atoms with Crippen molar-refractivity contribution in [1.82, 2.24) is 29.7 Å². The maximum absolute atomic E-state index is 14.4. The number of nitrogen functional groups attached to an aromatic ring is 1. The fourth-order valence-electron chi connectivity index (χ4n) is 5.03. The van der Waals surface area contributed by atoms with E-state index in [0.29, 0.717) is 0 Å². The number of aromatic nitrogens is 4. The predicted molar refractivity (Wildman–Crippen MR) is 162 cm³/mol. The summed E-state index contributed by atoms with van der Waals surface area (Å²) >= 11 is 0. The number of anilines is 1. The normalized spacial score (nSPS) is 24.5. The highest BCUT2D eigenvalue weighted by atomic mass is 31.2. The molecule has 1 saturated heterocycles. The average Bonchev–Trinajstić information content (AvgIpc) is 3.47. The van der Waals surface area contributed by atoms with Gasteiger partial charge in [0, 0.05) is 0 Å². The van der Waals surface area contributed by atoms with Crippen LogP contribution in [0.5, 0.6) is 5.88 Å². The number of nitrogens with zero attached hydrogens (tertiary/aromatic N) is 4. The number of hydrogen-bond acceptors (Lipinski definition) is 14. The molecular weight excluding hydrogens is 613 g/mol. The Hall–Kier alpha value is -2.92. The van der Waals surface area contributed by atoms with E-state index in [1.54, 1.807) is 6.92 Å². The predicted octanol–water partition coefficient (Wildman–Crippen LogP) is 1.30. The smallest absolute Gasteiger partial charge is 0.342 e. The van der Waals surface area contributed by atoms with Crippen LogP contribution in [0.25, 0.3) is 11.2 Å². The summed E-state index contributed by atoms with van der Waals surface area (Å²) in [5.74, 6) is -1.37. The van der Waals surface area contributed by atoms with Gasteiger partial charge in [-0.2, -0.15) is 9.97 Å². The summed E-state index contributed by atoms with van der Waals surface area (Å²) in [4.78, 5) is 37.9. The van der Waals surface area contributed by atoms with E-state index >= 15 is 0 Å². The van der Waals surface area contributed by atoms with Crippen LogP contribution in [0.4, 0.5) is 5.95 Å². The summed E-state index contributed by atoms with van der Waals surface area (Å²) in [7, 11) is -1.70. The van der Waals surface area contributed by atoms with Crippen molar-refractivity contribution in [1.29, 1.82) is 0 Å². The number of imidazole rings is 1. The average molecular weight is 660 g/mol. The molecule has 0 radical (unpaired) electrons. The van der Waals surface area contributed by atoms with Gasteiger partial charge in [-0.1, -0.05) is 27.7 Å². The van der Waals surface area contributed by atoms with Crippen molar-refractivity contribution in [3.8, 4) is 5.88 Å². The van der Waals surface area contributed by atoms with Crippen LogP contribution in [0.2, 0.25) is 0 Å². The third kappa shape index (κ3) is 8.67. The van der Waals surface area contributed by atoms with Gasteiger partial charge in [-0.15, -0.1) is 0 Å². The van der Waals surface area contributed by atoms with E-state index in [-0.39, 0.29) is 54.3 Å². The van der Waals surface area contributed by atoms with Crippen LogP contribution in [0.3, 0.4) is 0 Å². The first-order chi connectivity index (χ1) is 21.1. The van der Waals surface area contributed by atoms with Crippen LogP contribution in [0, 0.1) is 11.8 Å². The SMILES string of the molecule is CCOC(=O)C(CC(C)C)NP(=O)(NC(CC(C)C)C(=O)OC)OC[C@H]1O[C@@H](n2cnc3c(OC)nc(N)nc32)[C@](C)(O)[C@@H]1O. The highest BCUT2D eigenvalue weighted by Crippen LogP contribution is 2.45. The number of aliphatic hydroxyl groups is 2. The Morgan fingerprint density at radius 3 is 2.27 bits per heavy atom. The van der Waals surface area contributed by atoms with Gasteiger partial charge in [0.1, 0.15) is 29.9 Å². The number of carbonyl (C=O) groups is 2. The fraction of sp³-hybridized carbons (Fsp3) is 0.741. The molecule has 6 N–H and O–H groups in total. The maximum Gasteiger partial charge on any atom is 0.342 e. The fourth-order valence-corrected chi connectivity index (χ4v) is 6.85. The molecule has 0 spiro atoms. The minimum absolute atomic E-state index is 0.00950. The van der Waals surface area contributed by atoms with Crippen LogP contribution >= 0.6 is 7.67 Å². The first-order valence-corrected chi connectivity index (χ1v) is 16.3. The van der Waals surface area contributed by atoms with E-state index in [0.717, 1.165) is 0 Å². The van der Waals surface area contributed by atoms with Crippen molar-refractivity contribution in [3.63, 3.8) is 0 Å². The second-order valence-electron chi connectivity index (χ2n) is 11.9. The second-order valence-corrected chi connectivity index (χ2v) is 13.7. The molecule has 1 aliphatic heterocycles. The Kier molecular flexibility index (Phi) is 12.3. The van der Waals surface area contributed by atoms with Gasteiger partial charge in [0.05, 0.1) is 33.8 Å². The summed E-state index contributed by atoms with van der Waals surface area (Å²) in [6.45, 7) is 10.0. The summed E-state index contributed by atoms with van der Waals surface area (Å²) < 4.78 is 43.0. The largest absolute Gasteiger partial charge is 0.479 e. The number of aliphatic hydroxyl groups excluding tert-OH is 1. The maximum atomic E-state index is 14.4. The molecule has 7 atom stereocenters. The summed E-state index contributed by atoms with van der Waals surface area (Å²) in [5.41, 5.74) is 4.33. The van der Waals surface area contributed by atoms with Gasteiger partial charge in [0.2, 0.25) is 11.8 Å². The second kappa shape index (κ2) is 15.1. The van der Waals surface area contributed by atoms with Crippen molar-refractivity contribution >= 4 is 36.7 Å². The molecule has 2 aromatic heterocycles. The summed E-state index contributed by atoms with van der Waals surface area (Å²) in [5, 5.41) is 28.0. The van der Waals surface area contributed by atoms with Crippen LogP contribution in [-0.2, 0) is 32.9 Å². The van der Waals surface area contributed by atoms with Gasteiger partial charge in [-0.3, -0.25) is 18.7 Å². The molecule has 2 aromatic rings. The van der Waals surface area contributed by atoms with E-state index in [1.807, 2.05) is 27.7 Å². The molecule has 1 aliphatic rings. The van der Waals surface area contributed by atoms with Gasteiger partial charge >= 0.3 is 19.6 Å². The van der Waals surface area contributed by atoms with Gasteiger partial charge in [0.15, 0.2) is 17.4 Å². The van der Waals surface area contributed by atoms with Gasteiger partial charge in [-0.05, 0) is 38.5 Å². The lowest BCUT2D eigenvalue weighted by atomic mass is 9.96. The Morgan fingerprint density at radius 1 is 1.13 bits per heavy atom. The van der Waals surface area contributed by atoms with Crippen LogP contribution in [0.1, 0.15) is 60.6 Å². The zero-order valence-corrected chi connectivity index (χ0v) is 27.8. The lowest BCUT2D eigenvalue weighted by molar-refractivity contribution is -0.145. The zero-order chi connectivity index (χ0) is 33.7. The molecule has 17 nitrogen and oxygen atoms in total. The molecule has 1 fully saturated rings. The first kappa shape index (κ1) is 36.5. The standard InChI is InChI=1S/C27H46N7O10P/c1-9-42-24(37)17(11-15(4)5)33-45(39,32-16(10-14(2)3)23(36)41-8)43-12-18-20(35)27(6,38)25(44-18)34-13-29-19-21(34)30-26(28)31-22(19)40-7/h13-18,20,25,35,38H,9-12H2,1-8H3,(H2,28,30,31)(H2,32,33,39)/t16?,17?,18-,20-,25-,27-,45?/m1/s1. The van der Waals surface area contributed by atoms with Crippen molar-refractivity contribution in [2.75, 3.05) is 33.2 Å². The highest BCUT2D eigenvalue weighted by Gasteiger charge is 2.54. The Balaban J connectivity index is 1.93. The molecular formula is C27H46N7O10P. The van der Waals surface area contributed by atoms with E-state index < -0.39 is 62.3 Å². The first-order valence-electron chi connectivity index (χ1n) is 14.7. The third-order valence-corrected chi connectivity index (χ3v) is 8.97. The monoisotopic (exact) mass is 659 g/mol. The van der Waals surface area contributed by atoms with E-state index in [1.165, 1.54) is 32.0 Å². The number of carbonyl (C=O) groups excluding carboxylic acids is 2. The van der Waals surface area contributed by atoms with Crippen LogP contribution in [0.15, 0.2) is 6.33 Å². The molecule has 3 unspecified atom stereocenters. The number of nitrogens with one attached hydrogen (secondary N) is 2. The topological polar surface area (TPSA) is 232 Å². The minimum Gasteiger partial charge on any atom is -0.479 e. The molecule has 254 valence electrons. The van der Waals surface area contributed by atoms with Crippen LogP contribution in [-0.4, -0.2) is 99.0 Å². The quantitative estimate of drug-likeness (QED) is 0.126. The molecule has 0 amide bonds. The van der Waals surface area contributed by atoms with Crippen molar-refractivity contribution < 1.29 is 47.8 Å². The van der Waals surface area contributed by atoms with Crippen molar-refractivity contribution in [2.24, 2.45) is 11.8 Å². The van der Waals surface area contributed by atoms with Gasteiger partial charge < -0.3 is 39.4 Å². The van der Waals surface area contributed by atoms with E-state index in [2.05, 4.69) is 25.1 Å². The lowest BCUT2D eigenvalue weighted by Gasteiger charge is -2.30. The number of rotatable bonds is 16. The Morgan fingerprint density at radius 2 is 1.73 bits per heavy atom. The number of fused-ring (bicyclic) bond motifs is 1. The summed E-state index contributed by atoms with van der Waals surface area (Å²) in [6, 6.07) is -2.14. The van der Waals surface area contributed by atoms with Gasteiger partial charge in [-0.25, -0.2) is 15.2 Å². The van der Waals surface area contributed by atoms with Gasteiger partial charge in [0.25, 0.3) is 0 Å². The minimum atomic E-state index is -4.29. The van der Waals surface area contributed by atoms with Crippen molar-refractivity contribution in [2.45, 2.75) is 90.5 Å². The Labute approximate surface area is 262 Å². The molecule has 3 heterocycles. The molecule has 0 aliphatic carbocycles.